The van der Waals surface area contributed by atoms with Crippen LogP contribution in [0.5, 0.6) is 11.5 Å². The molecule has 0 aliphatic rings. The Bertz CT molecular complexity index is 440. The highest BCUT2D eigenvalue weighted by Crippen LogP contribution is 2.32. The van der Waals surface area contributed by atoms with E-state index < -0.39 is 0 Å². The van der Waals surface area contributed by atoms with Gasteiger partial charge in [-0.1, -0.05) is 0 Å². The number of hydrogen-bond acceptors (Lipinski definition) is 4. The fourth-order valence-corrected chi connectivity index (χ4v) is 1.81. The van der Waals surface area contributed by atoms with E-state index in [1.165, 1.54) is 11.3 Å². The van der Waals surface area contributed by atoms with E-state index in [9.17, 15) is 0 Å². The van der Waals surface area contributed by atoms with Gasteiger partial charge in [0.1, 0.15) is 11.5 Å². The van der Waals surface area contributed by atoms with Crippen molar-refractivity contribution in [2.45, 2.75) is 0 Å². The molecule has 77 valence electrons. The van der Waals surface area contributed by atoms with Gasteiger partial charge in [-0.15, -0.1) is 11.3 Å². The molecule has 0 spiro atoms. The molecule has 1 aromatic carbocycles. The number of methoxy groups -OCH3 is 2. The monoisotopic (exact) mass is 220 g/mol. The van der Waals surface area contributed by atoms with E-state index in [4.69, 9.17) is 9.47 Å². The van der Waals surface area contributed by atoms with Crippen molar-refractivity contribution in [2.24, 2.45) is 0 Å². The highest BCUT2D eigenvalue weighted by molar-refractivity contribution is 7.07. The molecule has 0 bridgehead atoms. The molecule has 0 saturated carbocycles. The summed E-state index contributed by atoms with van der Waals surface area (Å²) in [5.74, 6) is 1.53. The van der Waals surface area contributed by atoms with E-state index in [0.717, 1.165) is 22.8 Å². The predicted octanol–water partition coefficient (Wildman–Crippen LogP) is 2.63. The van der Waals surface area contributed by atoms with Crippen LogP contribution < -0.4 is 9.47 Å². The Kier molecular flexibility index (Phi) is 2.87. The number of aromatic nitrogens is 1. The number of ether oxygens (including phenoxy) is 2. The summed E-state index contributed by atoms with van der Waals surface area (Å²) in [4.78, 5) is 4.12. The highest BCUT2D eigenvalue weighted by atomic mass is 32.1. The third kappa shape index (κ3) is 1.94. The minimum absolute atomic E-state index is 0.758. The Balaban J connectivity index is 2.48. The first-order valence-electron chi connectivity index (χ1n) is 4.39. The van der Waals surface area contributed by atoms with Crippen LogP contribution in [-0.2, 0) is 0 Å². The van der Waals surface area contributed by atoms with Gasteiger partial charge in [0.25, 0.3) is 0 Å². The average Bonchev–Trinajstić information content (AvgIpc) is 2.81. The molecule has 0 amide bonds. The van der Waals surface area contributed by atoms with E-state index in [0.29, 0.717) is 0 Å². The van der Waals surface area contributed by atoms with Gasteiger partial charge in [-0.3, -0.25) is 0 Å². The minimum Gasteiger partial charge on any atom is -0.497 e. The zero-order valence-electron chi connectivity index (χ0n) is 8.48. The van der Waals surface area contributed by atoms with Crippen LogP contribution in [0.25, 0.3) is 11.3 Å². The van der Waals surface area contributed by atoms with Gasteiger partial charge in [-0.25, -0.2) is 4.98 Å². The van der Waals surface area contributed by atoms with Crippen molar-refractivity contribution in [3.05, 3.63) is 29.1 Å². The molecule has 4 heteroatoms. The molecule has 1 aromatic heterocycles. The first-order valence-corrected chi connectivity index (χ1v) is 5.27. The van der Waals surface area contributed by atoms with Crippen molar-refractivity contribution in [1.82, 2.24) is 4.98 Å². The van der Waals surface area contributed by atoms with Crippen LogP contribution in [0.1, 0.15) is 0 Å². The number of rotatable bonds is 3. The van der Waals surface area contributed by atoms with E-state index >= 15 is 0 Å². The summed E-state index contributed by atoms with van der Waals surface area (Å²) < 4.78 is 10.4. The third-order valence-corrected chi connectivity index (χ3v) is 2.61. The topological polar surface area (TPSA) is 31.4 Å². The van der Waals surface area contributed by atoms with Crippen LogP contribution in [0.4, 0.5) is 0 Å². The molecular formula is C11H10NO2S. The fraction of sp³-hybridized carbons (Fsp3) is 0.182. The largest absolute Gasteiger partial charge is 0.497 e. The summed E-state index contributed by atoms with van der Waals surface area (Å²) in [6.45, 7) is 0. The molecule has 0 unspecified atom stereocenters. The van der Waals surface area contributed by atoms with E-state index in [1.54, 1.807) is 14.2 Å². The Morgan fingerprint density at radius 1 is 1.27 bits per heavy atom. The summed E-state index contributed by atoms with van der Waals surface area (Å²) in [5, 5.41) is 1.93. The quantitative estimate of drug-likeness (QED) is 0.796. The average molecular weight is 220 g/mol. The normalized spacial score (nSPS) is 10.0. The van der Waals surface area contributed by atoms with Crippen molar-refractivity contribution in [2.75, 3.05) is 14.2 Å². The Hall–Kier alpha value is -1.55. The summed E-state index contributed by atoms with van der Waals surface area (Å²) in [5.41, 5.74) is 4.64. The molecule has 0 aliphatic carbocycles. The van der Waals surface area contributed by atoms with Gasteiger partial charge < -0.3 is 9.47 Å². The van der Waals surface area contributed by atoms with Gasteiger partial charge in [-0.2, -0.15) is 0 Å². The second kappa shape index (κ2) is 4.31. The van der Waals surface area contributed by atoms with Crippen molar-refractivity contribution in [1.29, 1.82) is 0 Å². The summed E-state index contributed by atoms with van der Waals surface area (Å²) in [6.07, 6.45) is 0. The van der Waals surface area contributed by atoms with Gasteiger partial charge in [0.15, 0.2) is 5.51 Å². The Morgan fingerprint density at radius 2 is 2.13 bits per heavy atom. The molecule has 0 saturated heterocycles. The lowest BCUT2D eigenvalue weighted by Crippen LogP contribution is -1.90. The lowest BCUT2D eigenvalue weighted by Gasteiger charge is -2.08. The van der Waals surface area contributed by atoms with Gasteiger partial charge >= 0.3 is 0 Å². The van der Waals surface area contributed by atoms with Gasteiger partial charge in [-0.05, 0) is 12.1 Å². The van der Waals surface area contributed by atoms with Crippen molar-refractivity contribution in [3.63, 3.8) is 0 Å². The molecule has 0 atom stereocenters. The van der Waals surface area contributed by atoms with Crippen LogP contribution in [0.2, 0.25) is 0 Å². The van der Waals surface area contributed by atoms with E-state index in [-0.39, 0.29) is 0 Å². The molecule has 0 aliphatic heterocycles. The summed E-state index contributed by atoms with van der Waals surface area (Å²) in [6, 6.07) is 5.66. The number of hydrogen-bond donors (Lipinski definition) is 0. The molecule has 0 N–H and O–H groups in total. The zero-order chi connectivity index (χ0) is 10.7. The molecular weight excluding hydrogens is 210 g/mol. The zero-order valence-corrected chi connectivity index (χ0v) is 9.30. The Labute approximate surface area is 92.3 Å². The summed E-state index contributed by atoms with van der Waals surface area (Å²) >= 11 is 1.44. The molecule has 2 rings (SSSR count). The molecule has 2 aromatic rings. The van der Waals surface area contributed by atoms with Gasteiger partial charge in [0.05, 0.1) is 19.9 Å². The maximum Gasteiger partial charge on any atom is 0.152 e. The maximum absolute atomic E-state index is 5.28. The second-order valence-electron chi connectivity index (χ2n) is 2.89. The molecule has 1 heterocycles. The van der Waals surface area contributed by atoms with Gasteiger partial charge in [0.2, 0.25) is 0 Å². The number of benzene rings is 1. The molecule has 15 heavy (non-hydrogen) atoms. The van der Waals surface area contributed by atoms with E-state index in [2.05, 4.69) is 10.5 Å². The minimum atomic E-state index is 0.758. The van der Waals surface area contributed by atoms with Crippen LogP contribution in [0, 0.1) is 5.51 Å². The lowest BCUT2D eigenvalue weighted by atomic mass is 10.1. The first-order chi connectivity index (χ1) is 7.35. The van der Waals surface area contributed by atoms with E-state index in [1.807, 2.05) is 23.6 Å². The number of nitrogens with zero attached hydrogens (tertiary/aromatic N) is 1. The third-order valence-electron chi connectivity index (χ3n) is 2.07. The Morgan fingerprint density at radius 3 is 2.73 bits per heavy atom. The molecule has 0 fully saturated rings. The van der Waals surface area contributed by atoms with Crippen molar-refractivity contribution < 1.29 is 9.47 Å². The van der Waals surface area contributed by atoms with Crippen LogP contribution in [-0.4, -0.2) is 19.2 Å². The maximum atomic E-state index is 5.28. The van der Waals surface area contributed by atoms with Crippen LogP contribution in [0.15, 0.2) is 23.6 Å². The second-order valence-corrected chi connectivity index (χ2v) is 3.54. The standard InChI is InChI=1S/C11H10NO2S/c1-13-8-3-4-9(11(5-8)14-2)10-6-15-7-12-10/h3-6H,1-2H3. The van der Waals surface area contributed by atoms with Crippen LogP contribution >= 0.6 is 11.3 Å². The van der Waals surface area contributed by atoms with Gasteiger partial charge in [0, 0.05) is 17.0 Å². The summed E-state index contributed by atoms with van der Waals surface area (Å²) in [7, 11) is 3.26. The van der Waals surface area contributed by atoms with Crippen molar-refractivity contribution in [3.8, 4) is 22.8 Å². The first kappa shape index (κ1) is 9.98. The predicted molar refractivity (Wildman–Crippen MR) is 59.5 cm³/mol. The molecule has 3 nitrogen and oxygen atoms in total. The molecule has 1 radical (unpaired) electrons. The fourth-order valence-electron chi connectivity index (χ4n) is 1.32. The lowest BCUT2D eigenvalue weighted by molar-refractivity contribution is 0.395. The SMILES string of the molecule is COc1ccc(-c2cs[c]n2)c(OC)c1. The highest BCUT2D eigenvalue weighted by Gasteiger charge is 2.08. The van der Waals surface area contributed by atoms with Crippen LogP contribution in [0.3, 0.4) is 0 Å². The van der Waals surface area contributed by atoms with Crippen molar-refractivity contribution >= 4 is 11.3 Å². The smallest absolute Gasteiger partial charge is 0.152 e. The number of thiazole rings is 1.